The molecule has 0 rings (SSSR count). The van der Waals surface area contributed by atoms with Crippen LogP contribution in [0.2, 0.25) is 0 Å². The summed E-state index contributed by atoms with van der Waals surface area (Å²) in [6.07, 6.45) is 8.90. The zero-order valence-electron chi connectivity index (χ0n) is 18.7. The first-order chi connectivity index (χ1) is 13.8. The van der Waals surface area contributed by atoms with Gasteiger partial charge in [-0.3, -0.25) is 9.59 Å². The summed E-state index contributed by atoms with van der Waals surface area (Å²) in [5.41, 5.74) is 0. The van der Waals surface area contributed by atoms with Crippen LogP contribution in [0.15, 0.2) is 12.2 Å². The van der Waals surface area contributed by atoms with E-state index in [1.54, 1.807) is 6.08 Å². The molecule has 1 amide bonds. The maximum Gasteiger partial charge on any atom is 1.00 e. The van der Waals surface area contributed by atoms with Crippen molar-refractivity contribution in [3.05, 3.63) is 12.2 Å². The number of hydrogen-bond acceptors (Lipinski definition) is 5. The van der Waals surface area contributed by atoms with Crippen molar-refractivity contribution in [2.75, 3.05) is 39.3 Å². The van der Waals surface area contributed by atoms with Crippen LogP contribution in [0.5, 0.6) is 0 Å². The Hall–Kier alpha value is -0.294. The molecular formula is C21H38KN2O6+. The normalized spacial score (nSPS) is 12.9. The summed E-state index contributed by atoms with van der Waals surface area (Å²) in [6, 6.07) is 0. The fraction of sp³-hybridized carbons (Fsp3) is 0.762. The van der Waals surface area contributed by atoms with E-state index in [1.807, 2.05) is 6.08 Å². The third-order valence-electron chi connectivity index (χ3n) is 4.99. The van der Waals surface area contributed by atoms with E-state index in [2.05, 4.69) is 12.2 Å². The number of amides is 1. The number of hydrogen-bond donors (Lipinski definition) is 3. The molecule has 0 aliphatic carbocycles. The van der Waals surface area contributed by atoms with Crippen LogP contribution in [0, 0.1) is 0 Å². The Balaban J connectivity index is 0. The van der Waals surface area contributed by atoms with Gasteiger partial charge in [-0.25, -0.2) is 0 Å². The third-order valence-corrected chi connectivity index (χ3v) is 4.99. The zero-order chi connectivity index (χ0) is 22.0. The van der Waals surface area contributed by atoms with Gasteiger partial charge in [-0.2, -0.15) is 0 Å². The molecule has 0 spiro atoms. The number of nitrogens with zero attached hydrogens (tertiary/aromatic N) is 1. The second-order valence-electron chi connectivity index (χ2n) is 7.48. The predicted octanol–water partition coefficient (Wildman–Crippen LogP) is -2.16. The van der Waals surface area contributed by atoms with Crippen LogP contribution in [0.1, 0.15) is 64.7 Å². The summed E-state index contributed by atoms with van der Waals surface area (Å²) < 4.78 is 0.531. The van der Waals surface area contributed by atoms with E-state index in [0.717, 1.165) is 19.3 Å². The van der Waals surface area contributed by atoms with Gasteiger partial charge in [-0.05, 0) is 44.6 Å². The molecular weight excluding hydrogens is 415 g/mol. The fourth-order valence-corrected chi connectivity index (χ4v) is 3.31. The smallest absolute Gasteiger partial charge is 0.550 e. The van der Waals surface area contributed by atoms with Gasteiger partial charge in [0, 0.05) is 12.4 Å². The number of unbranched alkanes of at least 4 members (excludes halogenated alkanes) is 4. The molecule has 3 N–H and O–H groups in total. The van der Waals surface area contributed by atoms with E-state index in [0.29, 0.717) is 62.9 Å². The van der Waals surface area contributed by atoms with E-state index in [4.69, 9.17) is 5.11 Å². The quantitative estimate of drug-likeness (QED) is 0.0885. The Morgan fingerprint density at radius 3 is 2.13 bits per heavy atom. The minimum absolute atomic E-state index is 0. The van der Waals surface area contributed by atoms with Gasteiger partial charge in [0.05, 0.1) is 32.8 Å². The number of aliphatic hydroxyl groups excluding tert-OH is 1. The second kappa shape index (κ2) is 20.6. The molecule has 8 nitrogen and oxygen atoms in total. The molecule has 0 aliphatic rings. The van der Waals surface area contributed by atoms with Crippen LogP contribution in [-0.4, -0.2) is 71.9 Å². The average Bonchev–Trinajstić information content (AvgIpc) is 2.66. The summed E-state index contributed by atoms with van der Waals surface area (Å²) in [7, 11) is 0. The molecule has 0 aromatic rings. The summed E-state index contributed by atoms with van der Waals surface area (Å²) in [5.74, 6) is -2.05. The molecule has 1 atom stereocenters. The van der Waals surface area contributed by atoms with Gasteiger partial charge in [-0.15, -0.1) is 0 Å². The van der Waals surface area contributed by atoms with Gasteiger partial charge >= 0.3 is 57.4 Å². The Morgan fingerprint density at radius 1 is 0.967 bits per heavy atom. The summed E-state index contributed by atoms with van der Waals surface area (Å²) in [6.45, 7) is 4.95. The number of carboxylic acid groups (broad SMARTS) is 2. The first-order valence-corrected chi connectivity index (χ1v) is 10.7. The van der Waals surface area contributed by atoms with Crippen LogP contribution in [0.25, 0.3) is 0 Å². The summed E-state index contributed by atoms with van der Waals surface area (Å²) in [4.78, 5) is 33.3. The molecule has 0 saturated heterocycles. The van der Waals surface area contributed by atoms with Crippen LogP contribution in [0.3, 0.4) is 0 Å². The molecule has 0 fully saturated rings. The maximum absolute atomic E-state index is 11.9. The molecule has 0 saturated carbocycles. The molecule has 30 heavy (non-hydrogen) atoms. The number of allylic oxidation sites excluding steroid dienone is 1. The maximum atomic E-state index is 11.9. The van der Waals surface area contributed by atoms with Crippen LogP contribution >= 0.6 is 0 Å². The number of rotatable bonds is 19. The Morgan fingerprint density at radius 2 is 1.60 bits per heavy atom. The molecule has 0 radical (unpaired) electrons. The first-order valence-electron chi connectivity index (χ1n) is 10.7. The largest absolute Gasteiger partial charge is 1.00 e. The first kappa shape index (κ1) is 31.9. The predicted molar refractivity (Wildman–Crippen MR) is 109 cm³/mol. The van der Waals surface area contributed by atoms with Gasteiger partial charge in [-0.1, -0.05) is 25.8 Å². The minimum atomic E-state index is -1.08. The number of carbonyl (C=O) groups excluding carboxylic acids is 2. The molecule has 168 valence electrons. The van der Waals surface area contributed by atoms with Crippen molar-refractivity contribution in [2.45, 2.75) is 64.7 Å². The molecule has 0 aliphatic heterocycles. The van der Waals surface area contributed by atoms with Crippen molar-refractivity contribution in [3.63, 3.8) is 0 Å². The Bertz CT molecular complexity index is 492. The van der Waals surface area contributed by atoms with Gasteiger partial charge in [0.25, 0.3) is 0 Å². The molecule has 9 heteroatoms. The number of carboxylic acids is 2. The number of aliphatic carboxylic acids is 2. The van der Waals surface area contributed by atoms with Crippen LogP contribution in [-0.2, 0) is 14.4 Å². The fourth-order valence-electron chi connectivity index (χ4n) is 3.31. The van der Waals surface area contributed by atoms with Crippen molar-refractivity contribution < 1.29 is 85.6 Å². The van der Waals surface area contributed by atoms with Crippen molar-refractivity contribution in [2.24, 2.45) is 0 Å². The third kappa shape index (κ3) is 18.5. The van der Waals surface area contributed by atoms with Gasteiger partial charge in [0.2, 0.25) is 5.91 Å². The van der Waals surface area contributed by atoms with Gasteiger partial charge in [0.1, 0.15) is 6.54 Å². The van der Waals surface area contributed by atoms with Crippen molar-refractivity contribution in [1.29, 1.82) is 0 Å². The standard InChI is InChI=1S/C21H38N2O6.K/c1-2-3-4-5-10-19(25)22-13-16-23(17-18-24,14-8-6-11-20(26)27)15-9-7-12-21(28)29;/h5,10,24H,2-4,6-9,11-18H2,1H3,(H2-,22,25,26,27,28,29);/q;+1/b10-5+;. The monoisotopic (exact) mass is 453 g/mol. The van der Waals surface area contributed by atoms with E-state index < -0.39 is 11.9 Å². The summed E-state index contributed by atoms with van der Waals surface area (Å²) in [5, 5.41) is 31.9. The summed E-state index contributed by atoms with van der Waals surface area (Å²) >= 11 is 0. The molecule has 0 aromatic heterocycles. The minimum Gasteiger partial charge on any atom is -0.550 e. The van der Waals surface area contributed by atoms with Crippen molar-refractivity contribution >= 4 is 17.8 Å². The number of quaternary nitrogens is 1. The Kier molecular flexibility index (Phi) is 21.9. The van der Waals surface area contributed by atoms with Crippen LogP contribution in [0.4, 0.5) is 0 Å². The van der Waals surface area contributed by atoms with E-state index in [-0.39, 0.29) is 76.7 Å². The molecule has 0 bridgehead atoms. The number of aliphatic hydroxyl groups is 1. The van der Waals surface area contributed by atoms with Crippen LogP contribution < -0.4 is 61.8 Å². The average molecular weight is 454 g/mol. The topological polar surface area (TPSA) is 127 Å². The SMILES string of the molecule is CCCC/C=C/C(=O)NCC[N+](CCO)(CCCCC(=O)[O-])CCCCC(=O)O.[K+]. The molecule has 1 unspecified atom stereocenters. The zero-order valence-corrected chi connectivity index (χ0v) is 21.9. The second-order valence-corrected chi connectivity index (χ2v) is 7.48. The molecule has 0 heterocycles. The van der Waals surface area contributed by atoms with E-state index in [1.165, 1.54) is 0 Å². The molecule has 0 aromatic carbocycles. The van der Waals surface area contributed by atoms with Gasteiger partial charge in [0.15, 0.2) is 0 Å². The number of carbonyl (C=O) groups is 3. The van der Waals surface area contributed by atoms with Crippen molar-refractivity contribution in [1.82, 2.24) is 5.32 Å². The van der Waals surface area contributed by atoms with E-state index >= 15 is 0 Å². The van der Waals surface area contributed by atoms with Crippen molar-refractivity contribution in [3.8, 4) is 0 Å². The number of nitrogens with one attached hydrogen (secondary N) is 1. The Labute approximate surface area is 223 Å². The van der Waals surface area contributed by atoms with E-state index in [9.17, 15) is 24.6 Å². The van der Waals surface area contributed by atoms with Gasteiger partial charge < -0.3 is 29.9 Å².